The predicted molar refractivity (Wildman–Crippen MR) is 77.2 cm³/mol. The quantitative estimate of drug-likeness (QED) is 0.910. The molecular formula is C16H21N3. The molecule has 0 saturated heterocycles. The molecule has 1 N–H and O–H groups in total. The smallest absolute Gasteiger partial charge is 0.0597 e. The summed E-state index contributed by atoms with van der Waals surface area (Å²) in [5, 5.41) is 7.89. The van der Waals surface area contributed by atoms with E-state index in [1.54, 1.807) is 0 Å². The molecule has 0 bridgehead atoms. The summed E-state index contributed by atoms with van der Waals surface area (Å²) in [4.78, 5) is 0. The summed E-state index contributed by atoms with van der Waals surface area (Å²) in [6.45, 7) is 2.05. The number of nitrogens with one attached hydrogen (secondary N) is 1. The number of aryl methyl sites for hydroxylation is 2. The van der Waals surface area contributed by atoms with E-state index >= 15 is 0 Å². The summed E-state index contributed by atoms with van der Waals surface area (Å²) in [5.74, 6) is 0.684. The summed E-state index contributed by atoms with van der Waals surface area (Å²) in [5.41, 5.74) is 5.42. The highest BCUT2D eigenvalue weighted by atomic mass is 15.3. The lowest BCUT2D eigenvalue weighted by molar-refractivity contribution is 0.432. The molecule has 1 aromatic carbocycles. The van der Waals surface area contributed by atoms with Crippen molar-refractivity contribution in [2.45, 2.75) is 31.7 Å². The van der Waals surface area contributed by atoms with E-state index in [1.165, 1.54) is 23.2 Å². The van der Waals surface area contributed by atoms with Crippen LogP contribution in [-0.2, 0) is 13.5 Å². The van der Waals surface area contributed by atoms with Crippen molar-refractivity contribution in [3.63, 3.8) is 0 Å². The average molecular weight is 255 g/mol. The summed E-state index contributed by atoms with van der Waals surface area (Å²) in [6.07, 6.45) is 2.36. The van der Waals surface area contributed by atoms with Gasteiger partial charge in [-0.25, -0.2) is 0 Å². The van der Waals surface area contributed by atoms with Crippen molar-refractivity contribution in [1.29, 1.82) is 0 Å². The minimum Gasteiger partial charge on any atom is -0.312 e. The number of benzene rings is 1. The monoisotopic (exact) mass is 255 g/mol. The predicted octanol–water partition coefficient (Wildman–Crippen LogP) is 2.72. The molecule has 3 nitrogen and oxygen atoms in total. The van der Waals surface area contributed by atoms with E-state index in [4.69, 9.17) is 0 Å². The van der Waals surface area contributed by atoms with Crippen LogP contribution in [0.25, 0.3) is 0 Å². The molecule has 0 saturated carbocycles. The van der Waals surface area contributed by atoms with Gasteiger partial charge in [-0.2, -0.15) is 5.10 Å². The maximum atomic E-state index is 4.45. The molecule has 2 atom stereocenters. The molecule has 0 fully saturated rings. The van der Waals surface area contributed by atoms with E-state index in [0.717, 1.165) is 12.1 Å². The van der Waals surface area contributed by atoms with Gasteiger partial charge < -0.3 is 5.32 Å². The van der Waals surface area contributed by atoms with Gasteiger partial charge >= 0.3 is 0 Å². The van der Waals surface area contributed by atoms with E-state index < -0.39 is 0 Å². The number of aromatic nitrogens is 2. The fourth-order valence-electron chi connectivity index (χ4n) is 3.20. The lowest BCUT2D eigenvalue weighted by Gasteiger charge is -2.33. The fraction of sp³-hybridized carbons (Fsp3) is 0.438. The number of hydrogen-bond donors (Lipinski definition) is 1. The largest absolute Gasteiger partial charge is 0.312 e. The SMILES string of the molecule is CNC(CC1Cc2ccccc21)c1cc(C)nn1C. The molecule has 3 rings (SSSR count). The lowest BCUT2D eigenvalue weighted by Crippen LogP contribution is -2.26. The molecule has 2 aromatic rings. The first-order valence-electron chi connectivity index (χ1n) is 6.94. The van der Waals surface area contributed by atoms with Crippen LogP contribution in [0.5, 0.6) is 0 Å². The summed E-state index contributed by atoms with van der Waals surface area (Å²) in [7, 11) is 4.07. The number of nitrogens with zero attached hydrogens (tertiary/aromatic N) is 2. The van der Waals surface area contributed by atoms with Gasteiger partial charge in [0.25, 0.3) is 0 Å². The van der Waals surface area contributed by atoms with Crippen LogP contribution < -0.4 is 5.32 Å². The van der Waals surface area contributed by atoms with Crippen LogP contribution in [0.15, 0.2) is 30.3 Å². The van der Waals surface area contributed by atoms with E-state index in [-0.39, 0.29) is 0 Å². The highest BCUT2D eigenvalue weighted by Gasteiger charge is 2.29. The van der Waals surface area contributed by atoms with Crippen LogP contribution in [-0.4, -0.2) is 16.8 Å². The first-order chi connectivity index (χ1) is 9.19. The van der Waals surface area contributed by atoms with Crippen molar-refractivity contribution in [2.24, 2.45) is 7.05 Å². The van der Waals surface area contributed by atoms with E-state index in [0.29, 0.717) is 12.0 Å². The third-order valence-electron chi connectivity index (χ3n) is 4.23. The highest BCUT2D eigenvalue weighted by Crippen LogP contribution is 2.40. The van der Waals surface area contributed by atoms with E-state index in [1.807, 2.05) is 18.8 Å². The summed E-state index contributed by atoms with van der Waals surface area (Å²) < 4.78 is 2.00. The number of fused-ring (bicyclic) bond motifs is 1. The van der Waals surface area contributed by atoms with Gasteiger partial charge in [0.1, 0.15) is 0 Å². The number of rotatable bonds is 4. The molecule has 1 heterocycles. The number of hydrogen-bond acceptors (Lipinski definition) is 2. The molecule has 1 aromatic heterocycles. The molecule has 100 valence electrons. The zero-order chi connectivity index (χ0) is 13.4. The first-order valence-corrected chi connectivity index (χ1v) is 6.94. The third-order valence-corrected chi connectivity index (χ3v) is 4.23. The molecular weight excluding hydrogens is 234 g/mol. The summed E-state index contributed by atoms with van der Waals surface area (Å²) >= 11 is 0. The normalized spacial score (nSPS) is 18.8. The maximum Gasteiger partial charge on any atom is 0.0597 e. The average Bonchev–Trinajstić information content (AvgIpc) is 2.70. The Balaban J connectivity index is 1.77. The Morgan fingerprint density at radius 1 is 1.42 bits per heavy atom. The van der Waals surface area contributed by atoms with Crippen molar-refractivity contribution < 1.29 is 0 Å². The molecule has 19 heavy (non-hydrogen) atoms. The third kappa shape index (κ3) is 2.19. The second-order valence-corrected chi connectivity index (χ2v) is 5.51. The minimum absolute atomic E-state index is 0.379. The zero-order valence-corrected chi connectivity index (χ0v) is 11.9. The van der Waals surface area contributed by atoms with Crippen LogP contribution in [0, 0.1) is 6.92 Å². The van der Waals surface area contributed by atoms with Gasteiger partial charge in [-0.1, -0.05) is 24.3 Å². The Morgan fingerprint density at radius 2 is 2.21 bits per heavy atom. The van der Waals surface area contributed by atoms with Crippen molar-refractivity contribution >= 4 is 0 Å². The van der Waals surface area contributed by atoms with Crippen LogP contribution in [0.1, 0.15) is 40.9 Å². The highest BCUT2D eigenvalue weighted by molar-refractivity contribution is 5.40. The van der Waals surface area contributed by atoms with Crippen LogP contribution >= 0.6 is 0 Å². The Labute approximate surface area is 114 Å². The molecule has 3 heteroatoms. The van der Waals surface area contributed by atoms with Crippen LogP contribution in [0.2, 0.25) is 0 Å². The van der Waals surface area contributed by atoms with Crippen LogP contribution in [0.4, 0.5) is 0 Å². The van der Waals surface area contributed by atoms with Gasteiger partial charge in [-0.3, -0.25) is 4.68 Å². The molecule has 0 radical (unpaired) electrons. The Hall–Kier alpha value is -1.61. The van der Waals surface area contributed by atoms with Gasteiger partial charge in [0.2, 0.25) is 0 Å². The molecule has 1 aliphatic rings. The Morgan fingerprint density at radius 3 is 2.84 bits per heavy atom. The van der Waals surface area contributed by atoms with Gasteiger partial charge in [0, 0.05) is 13.1 Å². The first kappa shape index (κ1) is 12.4. The second kappa shape index (κ2) is 4.82. The molecule has 0 amide bonds. The lowest BCUT2D eigenvalue weighted by atomic mass is 9.74. The molecule has 0 spiro atoms. The van der Waals surface area contributed by atoms with E-state index in [9.17, 15) is 0 Å². The van der Waals surface area contributed by atoms with Gasteiger partial charge in [0.15, 0.2) is 0 Å². The van der Waals surface area contributed by atoms with Crippen LogP contribution in [0.3, 0.4) is 0 Å². The fourth-order valence-corrected chi connectivity index (χ4v) is 3.20. The second-order valence-electron chi connectivity index (χ2n) is 5.51. The van der Waals surface area contributed by atoms with Gasteiger partial charge in [-0.15, -0.1) is 0 Å². The standard InChI is InChI=1S/C16H21N3/c1-11-8-16(19(3)18-11)15(17-2)10-13-9-12-6-4-5-7-14(12)13/h4-8,13,15,17H,9-10H2,1-3H3. The van der Waals surface area contributed by atoms with Gasteiger partial charge in [0.05, 0.1) is 11.4 Å². The Bertz CT molecular complexity index is 585. The zero-order valence-electron chi connectivity index (χ0n) is 11.9. The summed E-state index contributed by atoms with van der Waals surface area (Å²) in [6, 6.07) is 11.4. The molecule has 0 aliphatic heterocycles. The molecule has 1 aliphatic carbocycles. The van der Waals surface area contributed by atoms with Crippen molar-refractivity contribution in [3.05, 3.63) is 52.8 Å². The topological polar surface area (TPSA) is 29.9 Å². The van der Waals surface area contributed by atoms with E-state index in [2.05, 4.69) is 47.7 Å². The van der Waals surface area contributed by atoms with Crippen molar-refractivity contribution in [1.82, 2.24) is 15.1 Å². The maximum absolute atomic E-state index is 4.45. The van der Waals surface area contributed by atoms with Gasteiger partial charge in [-0.05, 0) is 49.9 Å². The van der Waals surface area contributed by atoms with Crippen molar-refractivity contribution in [3.8, 4) is 0 Å². The minimum atomic E-state index is 0.379. The molecule has 2 unspecified atom stereocenters. The van der Waals surface area contributed by atoms with Crippen molar-refractivity contribution in [2.75, 3.05) is 7.05 Å². The Kier molecular flexibility index (Phi) is 3.15.